The van der Waals surface area contributed by atoms with Crippen LogP contribution in [0.2, 0.25) is 0 Å². The maximum Gasteiger partial charge on any atom is 0.356 e. The molecule has 1 saturated heterocycles. The largest absolute Gasteiger partial charge is 0.476 e. The first-order valence-corrected chi connectivity index (χ1v) is 6.35. The van der Waals surface area contributed by atoms with E-state index < -0.39 is 5.97 Å². The molecule has 0 saturated carbocycles. The van der Waals surface area contributed by atoms with Gasteiger partial charge in [0.2, 0.25) is 0 Å². The van der Waals surface area contributed by atoms with Gasteiger partial charge in [-0.25, -0.2) is 9.78 Å². The van der Waals surface area contributed by atoms with Crippen LogP contribution in [0.3, 0.4) is 0 Å². The summed E-state index contributed by atoms with van der Waals surface area (Å²) in [6.07, 6.45) is 3.61. The van der Waals surface area contributed by atoms with Crippen LogP contribution in [0.15, 0.2) is 18.3 Å². The van der Waals surface area contributed by atoms with Crippen molar-refractivity contribution in [3.05, 3.63) is 29.8 Å². The van der Waals surface area contributed by atoms with Gasteiger partial charge in [-0.1, -0.05) is 0 Å². The highest BCUT2D eigenvalue weighted by atomic mass is 16.4. The van der Waals surface area contributed by atoms with Gasteiger partial charge in [-0.2, -0.15) is 0 Å². The molecule has 2 aromatic rings. The fourth-order valence-electron chi connectivity index (χ4n) is 2.61. The number of hydrogen-bond acceptors (Lipinski definition) is 4. The van der Waals surface area contributed by atoms with E-state index in [0.717, 1.165) is 31.8 Å². The Morgan fingerprint density at radius 1 is 1.58 bits per heavy atom. The number of aromatic carboxylic acids is 1. The summed E-state index contributed by atoms with van der Waals surface area (Å²) in [4.78, 5) is 15.5. The molecule has 1 fully saturated rings. The molecule has 0 spiro atoms. The minimum atomic E-state index is -1.00. The zero-order chi connectivity index (χ0) is 13.4. The molecule has 3 heterocycles. The van der Waals surface area contributed by atoms with Crippen LogP contribution in [0, 0.1) is 5.92 Å². The fraction of sp³-hybridized carbons (Fsp3) is 0.385. The molecule has 4 N–H and O–H groups in total. The Balaban J connectivity index is 2.06. The first-order valence-electron chi connectivity index (χ1n) is 6.35. The summed E-state index contributed by atoms with van der Waals surface area (Å²) < 4.78 is 1.80. The SMILES string of the molecule is Nc1ccc2c(C(=O)O)nc(CC3CCNC3)n2c1. The van der Waals surface area contributed by atoms with Crippen molar-refractivity contribution < 1.29 is 9.90 Å². The number of nitrogens with one attached hydrogen (secondary N) is 1. The average Bonchev–Trinajstić information content (AvgIpc) is 2.98. The molecule has 2 aromatic heterocycles. The molecule has 0 bridgehead atoms. The molecular weight excluding hydrogens is 244 g/mol. The van der Waals surface area contributed by atoms with Crippen LogP contribution < -0.4 is 11.1 Å². The molecule has 1 unspecified atom stereocenters. The van der Waals surface area contributed by atoms with Gasteiger partial charge in [-0.15, -0.1) is 0 Å². The number of nitrogen functional groups attached to an aromatic ring is 1. The van der Waals surface area contributed by atoms with E-state index in [1.165, 1.54) is 0 Å². The third-order valence-corrected chi connectivity index (χ3v) is 3.57. The highest BCUT2D eigenvalue weighted by Gasteiger charge is 2.21. The number of hydrogen-bond donors (Lipinski definition) is 3. The predicted octanol–water partition coefficient (Wildman–Crippen LogP) is 0.767. The van der Waals surface area contributed by atoms with Crippen LogP contribution in [0.25, 0.3) is 5.52 Å². The summed E-state index contributed by atoms with van der Waals surface area (Å²) in [6.45, 7) is 1.97. The second kappa shape index (κ2) is 4.55. The second-order valence-corrected chi connectivity index (χ2v) is 4.96. The van der Waals surface area contributed by atoms with Crippen molar-refractivity contribution in [1.29, 1.82) is 0 Å². The van der Waals surface area contributed by atoms with Gasteiger partial charge >= 0.3 is 5.97 Å². The van der Waals surface area contributed by atoms with Crippen molar-refractivity contribution in [2.75, 3.05) is 18.8 Å². The molecule has 1 aliphatic rings. The molecule has 0 amide bonds. The Hall–Kier alpha value is -2.08. The van der Waals surface area contributed by atoms with Gasteiger partial charge in [-0.3, -0.25) is 0 Å². The van der Waals surface area contributed by atoms with Crippen molar-refractivity contribution in [1.82, 2.24) is 14.7 Å². The standard InChI is InChI=1S/C13H16N4O2/c14-9-1-2-10-12(13(18)19)16-11(17(10)7-9)5-8-3-4-15-6-8/h1-2,7-8,15H,3-6,14H2,(H,18,19). The number of nitrogens with zero attached hydrogens (tertiary/aromatic N) is 2. The molecule has 19 heavy (non-hydrogen) atoms. The Labute approximate surface area is 110 Å². The van der Waals surface area contributed by atoms with Gasteiger partial charge < -0.3 is 20.6 Å². The van der Waals surface area contributed by atoms with Crippen LogP contribution in [-0.2, 0) is 6.42 Å². The third-order valence-electron chi connectivity index (χ3n) is 3.57. The van der Waals surface area contributed by atoms with Crippen molar-refractivity contribution in [3.63, 3.8) is 0 Å². The summed E-state index contributed by atoms with van der Waals surface area (Å²) in [5.74, 6) is 0.278. The van der Waals surface area contributed by atoms with E-state index in [0.29, 0.717) is 17.1 Å². The van der Waals surface area contributed by atoms with Crippen LogP contribution in [0.1, 0.15) is 22.7 Å². The first kappa shape index (κ1) is 12.0. The van der Waals surface area contributed by atoms with Gasteiger partial charge in [0, 0.05) is 18.3 Å². The zero-order valence-electron chi connectivity index (χ0n) is 10.5. The summed E-state index contributed by atoms with van der Waals surface area (Å²) in [6, 6.07) is 3.41. The number of anilines is 1. The summed E-state index contributed by atoms with van der Waals surface area (Å²) in [5.41, 5.74) is 7.08. The average molecular weight is 260 g/mol. The summed E-state index contributed by atoms with van der Waals surface area (Å²) >= 11 is 0. The number of carboxylic acids is 1. The predicted molar refractivity (Wildman–Crippen MR) is 71.2 cm³/mol. The third kappa shape index (κ3) is 2.15. The molecule has 6 nitrogen and oxygen atoms in total. The molecule has 100 valence electrons. The van der Waals surface area contributed by atoms with E-state index in [9.17, 15) is 9.90 Å². The highest BCUT2D eigenvalue weighted by Crippen LogP contribution is 2.20. The number of rotatable bonds is 3. The van der Waals surface area contributed by atoms with E-state index in [-0.39, 0.29) is 5.69 Å². The molecule has 6 heteroatoms. The second-order valence-electron chi connectivity index (χ2n) is 4.96. The van der Waals surface area contributed by atoms with Gasteiger partial charge in [0.1, 0.15) is 5.82 Å². The van der Waals surface area contributed by atoms with Crippen LogP contribution in [0.4, 0.5) is 5.69 Å². The molecule has 0 aliphatic carbocycles. The maximum absolute atomic E-state index is 11.2. The molecular formula is C13H16N4O2. The lowest BCUT2D eigenvalue weighted by Crippen LogP contribution is -2.12. The van der Waals surface area contributed by atoms with E-state index in [1.807, 2.05) is 0 Å². The lowest BCUT2D eigenvalue weighted by atomic mass is 10.0. The summed E-state index contributed by atoms with van der Waals surface area (Å²) in [7, 11) is 0. The maximum atomic E-state index is 11.2. The van der Waals surface area contributed by atoms with Crippen LogP contribution in [0.5, 0.6) is 0 Å². The lowest BCUT2D eigenvalue weighted by Gasteiger charge is -2.07. The Bertz CT molecular complexity index is 629. The van der Waals surface area contributed by atoms with Gasteiger partial charge in [0.25, 0.3) is 0 Å². The van der Waals surface area contributed by atoms with Crippen molar-refractivity contribution >= 4 is 17.2 Å². The minimum Gasteiger partial charge on any atom is -0.476 e. The number of nitrogens with two attached hydrogens (primary N) is 1. The Kier molecular flexibility index (Phi) is 2.87. The first-order chi connectivity index (χ1) is 9.15. The molecule has 0 radical (unpaired) electrons. The number of carbonyl (C=O) groups is 1. The smallest absolute Gasteiger partial charge is 0.356 e. The fourth-order valence-corrected chi connectivity index (χ4v) is 2.61. The van der Waals surface area contributed by atoms with E-state index in [1.54, 1.807) is 22.7 Å². The lowest BCUT2D eigenvalue weighted by molar-refractivity contribution is 0.0693. The van der Waals surface area contributed by atoms with E-state index >= 15 is 0 Å². The monoisotopic (exact) mass is 260 g/mol. The van der Waals surface area contributed by atoms with Gasteiger partial charge in [0.15, 0.2) is 5.69 Å². The Morgan fingerprint density at radius 3 is 3.11 bits per heavy atom. The van der Waals surface area contributed by atoms with Crippen LogP contribution in [-0.4, -0.2) is 33.6 Å². The molecule has 0 aromatic carbocycles. The summed E-state index contributed by atoms with van der Waals surface area (Å²) in [5, 5.41) is 12.5. The van der Waals surface area contributed by atoms with E-state index in [2.05, 4.69) is 10.3 Å². The number of pyridine rings is 1. The normalized spacial score (nSPS) is 19.1. The molecule has 3 rings (SSSR count). The van der Waals surface area contributed by atoms with Crippen molar-refractivity contribution in [3.8, 4) is 0 Å². The highest BCUT2D eigenvalue weighted by molar-refractivity contribution is 5.93. The Morgan fingerprint density at radius 2 is 2.42 bits per heavy atom. The zero-order valence-corrected chi connectivity index (χ0v) is 10.5. The van der Waals surface area contributed by atoms with Crippen molar-refractivity contribution in [2.24, 2.45) is 5.92 Å². The van der Waals surface area contributed by atoms with E-state index in [4.69, 9.17) is 5.73 Å². The number of aromatic nitrogens is 2. The molecule has 1 aliphatic heterocycles. The number of carboxylic acid groups (broad SMARTS) is 1. The van der Waals surface area contributed by atoms with Gasteiger partial charge in [-0.05, 0) is 37.6 Å². The minimum absolute atomic E-state index is 0.0981. The van der Waals surface area contributed by atoms with Crippen LogP contribution >= 0.6 is 0 Å². The number of fused-ring (bicyclic) bond motifs is 1. The van der Waals surface area contributed by atoms with Gasteiger partial charge in [0.05, 0.1) is 5.52 Å². The van der Waals surface area contributed by atoms with Crippen molar-refractivity contribution in [2.45, 2.75) is 12.8 Å². The molecule has 1 atom stereocenters. The number of imidazole rings is 1. The quantitative estimate of drug-likeness (QED) is 0.758. The topological polar surface area (TPSA) is 92.7 Å².